The van der Waals surface area contributed by atoms with Crippen molar-refractivity contribution in [3.05, 3.63) is 36.0 Å². The van der Waals surface area contributed by atoms with E-state index in [9.17, 15) is 0 Å². The normalized spacial score (nSPS) is 22.6. The van der Waals surface area contributed by atoms with Crippen molar-refractivity contribution in [3.63, 3.8) is 0 Å². The van der Waals surface area contributed by atoms with Gasteiger partial charge in [-0.05, 0) is 17.2 Å². The Morgan fingerprint density at radius 2 is 2.13 bits per heavy atom. The molecular weight excluding hydrogens is 188 g/mol. The Bertz CT molecular complexity index is 461. The van der Waals surface area contributed by atoms with Crippen LogP contribution in [0.2, 0.25) is 0 Å². The molecule has 2 aliphatic heterocycles. The molecule has 0 aromatic heterocycles. The maximum absolute atomic E-state index is 4.26. The number of hydrogen-bond acceptors (Lipinski definition) is 3. The van der Waals surface area contributed by atoms with E-state index >= 15 is 0 Å². The first-order valence-corrected chi connectivity index (χ1v) is 5.06. The summed E-state index contributed by atoms with van der Waals surface area (Å²) in [6.07, 6.45) is 2.12. The van der Waals surface area contributed by atoms with Crippen LogP contribution in [0.5, 0.6) is 0 Å². The highest BCUT2D eigenvalue weighted by molar-refractivity contribution is 5.70. The first-order chi connectivity index (χ1) is 7.34. The summed E-state index contributed by atoms with van der Waals surface area (Å²) < 4.78 is 1.94. The van der Waals surface area contributed by atoms with Gasteiger partial charge < -0.3 is 10.6 Å². The predicted molar refractivity (Wildman–Crippen MR) is 59.0 cm³/mol. The zero-order valence-corrected chi connectivity index (χ0v) is 8.57. The fourth-order valence-electron chi connectivity index (χ4n) is 1.98. The molecule has 2 N–H and O–H groups in total. The van der Waals surface area contributed by atoms with Crippen LogP contribution in [0.1, 0.15) is 0 Å². The smallest absolute Gasteiger partial charge is 0.277 e. The summed E-state index contributed by atoms with van der Waals surface area (Å²) in [6.45, 7) is 0.850. The summed E-state index contributed by atoms with van der Waals surface area (Å²) >= 11 is 0. The van der Waals surface area contributed by atoms with Crippen LogP contribution in [0, 0.1) is 0 Å². The summed E-state index contributed by atoms with van der Waals surface area (Å²) in [5.74, 6) is 0. The number of nitrogens with one attached hydrogen (secondary N) is 2. The van der Waals surface area contributed by atoms with E-state index in [0.717, 1.165) is 17.9 Å². The zero-order valence-electron chi connectivity index (χ0n) is 8.57. The number of hydrogen-bond donors (Lipinski definition) is 2. The molecule has 2 aliphatic rings. The van der Waals surface area contributed by atoms with Crippen LogP contribution < -0.4 is 10.6 Å². The molecule has 0 radical (unpaired) electrons. The van der Waals surface area contributed by atoms with E-state index in [1.807, 2.05) is 30.1 Å². The lowest BCUT2D eigenvalue weighted by molar-refractivity contribution is -0.578. The second kappa shape index (κ2) is 3.08. The van der Waals surface area contributed by atoms with Crippen molar-refractivity contribution in [2.45, 2.75) is 6.17 Å². The van der Waals surface area contributed by atoms with Crippen LogP contribution >= 0.6 is 0 Å². The molecule has 1 aromatic rings. The molecular formula is C11H13N4+. The van der Waals surface area contributed by atoms with Gasteiger partial charge in [-0.1, -0.05) is 16.8 Å². The fourth-order valence-corrected chi connectivity index (χ4v) is 1.98. The molecule has 0 aliphatic carbocycles. The molecule has 76 valence electrons. The largest absolute Gasteiger partial charge is 0.379 e. The Morgan fingerprint density at radius 1 is 1.33 bits per heavy atom. The second-order valence-electron chi connectivity index (χ2n) is 3.84. The van der Waals surface area contributed by atoms with Gasteiger partial charge in [0.1, 0.15) is 6.20 Å². The van der Waals surface area contributed by atoms with Crippen molar-refractivity contribution < 1.29 is 4.70 Å². The maximum atomic E-state index is 4.26. The number of likely N-dealkylation sites (N-methyl/N-ethyl adjacent to an activating group) is 1. The number of nitrogens with zero attached hydrogens (tertiary/aromatic N) is 2. The number of fused-ring (bicyclic) bond motifs is 2. The molecule has 4 nitrogen and oxygen atoms in total. The molecule has 15 heavy (non-hydrogen) atoms. The topological polar surface area (TPSA) is 39.4 Å². The number of anilines is 2. The molecule has 1 unspecified atom stereocenters. The fraction of sp³-hybridized carbons (Fsp3) is 0.273. The number of rotatable bonds is 0. The first kappa shape index (κ1) is 8.47. The predicted octanol–water partition coefficient (Wildman–Crippen LogP) is 1.84. The SMILES string of the molecule is C[N+]1=NC=C2CNc3ccccc3NC21. The minimum absolute atomic E-state index is 0.196. The third-order valence-corrected chi connectivity index (χ3v) is 2.83. The molecule has 1 aromatic carbocycles. The van der Waals surface area contributed by atoms with Gasteiger partial charge in [0.25, 0.3) is 6.17 Å². The highest BCUT2D eigenvalue weighted by Crippen LogP contribution is 2.28. The van der Waals surface area contributed by atoms with Crippen molar-refractivity contribution in [1.82, 2.24) is 0 Å². The van der Waals surface area contributed by atoms with Gasteiger partial charge in [0.15, 0.2) is 7.05 Å². The molecule has 0 spiro atoms. The van der Waals surface area contributed by atoms with E-state index in [1.165, 1.54) is 5.57 Å². The molecule has 3 rings (SSSR count). The van der Waals surface area contributed by atoms with Crippen LogP contribution in [-0.2, 0) is 0 Å². The summed E-state index contributed by atoms with van der Waals surface area (Å²) in [5.41, 5.74) is 3.56. The molecule has 0 fully saturated rings. The Kier molecular flexibility index (Phi) is 1.74. The van der Waals surface area contributed by atoms with E-state index in [4.69, 9.17) is 0 Å². The lowest BCUT2D eigenvalue weighted by atomic mass is 10.2. The minimum atomic E-state index is 0.196. The molecule has 0 amide bonds. The summed E-state index contributed by atoms with van der Waals surface area (Å²) in [6, 6.07) is 8.24. The van der Waals surface area contributed by atoms with Gasteiger partial charge in [-0.15, -0.1) is 0 Å². The average Bonchev–Trinajstić information content (AvgIpc) is 2.51. The lowest BCUT2D eigenvalue weighted by Crippen LogP contribution is -2.29. The van der Waals surface area contributed by atoms with Crippen molar-refractivity contribution in [3.8, 4) is 0 Å². The Balaban J connectivity index is 2.01. The maximum Gasteiger partial charge on any atom is 0.277 e. The van der Waals surface area contributed by atoms with Crippen molar-refractivity contribution >= 4 is 11.4 Å². The van der Waals surface area contributed by atoms with Gasteiger partial charge >= 0.3 is 0 Å². The standard InChI is InChI=1S/C11H12N4/c1-15-11-8(7-13-15)6-12-9-4-2-3-5-10(9)14-11/h2-5,7,11,13H,6H2,1H3/p+1. The zero-order chi connectivity index (χ0) is 10.3. The van der Waals surface area contributed by atoms with Crippen LogP contribution in [0.3, 0.4) is 0 Å². The third kappa shape index (κ3) is 1.29. The lowest BCUT2D eigenvalue weighted by Gasteiger charge is -2.09. The van der Waals surface area contributed by atoms with Crippen LogP contribution in [0.25, 0.3) is 0 Å². The van der Waals surface area contributed by atoms with Gasteiger partial charge in [0.05, 0.1) is 16.9 Å². The third-order valence-electron chi connectivity index (χ3n) is 2.83. The monoisotopic (exact) mass is 201 g/mol. The minimum Gasteiger partial charge on any atom is -0.379 e. The Morgan fingerprint density at radius 3 is 3.00 bits per heavy atom. The van der Waals surface area contributed by atoms with Gasteiger partial charge in [-0.3, -0.25) is 0 Å². The highest BCUT2D eigenvalue weighted by Gasteiger charge is 2.31. The highest BCUT2D eigenvalue weighted by atomic mass is 15.4. The van der Waals surface area contributed by atoms with E-state index in [-0.39, 0.29) is 6.17 Å². The summed E-state index contributed by atoms with van der Waals surface area (Å²) in [5, 5.41) is 11.1. The van der Waals surface area contributed by atoms with E-state index < -0.39 is 0 Å². The molecule has 0 bridgehead atoms. The van der Waals surface area contributed by atoms with E-state index in [0.29, 0.717) is 0 Å². The number of benzene rings is 1. The van der Waals surface area contributed by atoms with Crippen molar-refractivity contribution in [2.75, 3.05) is 24.2 Å². The quantitative estimate of drug-likeness (QED) is 0.629. The van der Waals surface area contributed by atoms with Crippen LogP contribution in [0.4, 0.5) is 11.4 Å². The first-order valence-electron chi connectivity index (χ1n) is 5.06. The van der Waals surface area contributed by atoms with Gasteiger partial charge in [-0.2, -0.15) is 0 Å². The van der Waals surface area contributed by atoms with Gasteiger partial charge in [0, 0.05) is 6.54 Å². The number of para-hydroxylation sites is 2. The Labute approximate surface area is 88.3 Å². The van der Waals surface area contributed by atoms with Gasteiger partial charge in [0.2, 0.25) is 0 Å². The van der Waals surface area contributed by atoms with Gasteiger partial charge in [-0.25, -0.2) is 0 Å². The Hall–Kier alpha value is -1.84. The summed E-state index contributed by atoms with van der Waals surface area (Å²) in [7, 11) is 1.98. The molecule has 2 heterocycles. The molecule has 0 saturated carbocycles. The average molecular weight is 201 g/mol. The van der Waals surface area contributed by atoms with E-state index in [2.05, 4.69) is 27.9 Å². The van der Waals surface area contributed by atoms with E-state index in [1.54, 1.807) is 0 Å². The summed E-state index contributed by atoms with van der Waals surface area (Å²) in [4.78, 5) is 0. The van der Waals surface area contributed by atoms with Crippen LogP contribution in [0.15, 0.2) is 41.2 Å². The van der Waals surface area contributed by atoms with Crippen molar-refractivity contribution in [2.24, 2.45) is 5.11 Å². The molecule has 0 saturated heterocycles. The van der Waals surface area contributed by atoms with Crippen LogP contribution in [-0.4, -0.2) is 24.5 Å². The van der Waals surface area contributed by atoms with Crippen molar-refractivity contribution in [1.29, 1.82) is 0 Å². The number of azo groups is 2. The second-order valence-corrected chi connectivity index (χ2v) is 3.84. The molecule has 4 heteroatoms. The molecule has 1 atom stereocenters.